The summed E-state index contributed by atoms with van der Waals surface area (Å²) in [6.07, 6.45) is 1.76. The van der Waals surface area contributed by atoms with Gasteiger partial charge in [0.1, 0.15) is 5.15 Å². The minimum Gasteiger partial charge on any atom is -0.267 e. The third-order valence-electron chi connectivity index (χ3n) is 1.24. The van der Waals surface area contributed by atoms with Crippen LogP contribution in [0.1, 0.15) is 39.2 Å². The number of nitrogens with zero attached hydrogens (tertiary/aromatic N) is 1. The third-order valence-corrected chi connectivity index (χ3v) is 1.54. The first-order valence-corrected chi connectivity index (χ1v) is 4.28. The second kappa shape index (κ2) is 5.19. The SMILES string of the molecule is CC.CC(C)c1cn[nH]c1Cl. The summed E-state index contributed by atoms with van der Waals surface area (Å²) in [7, 11) is 0. The molecule has 0 bridgehead atoms. The number of rotatable bonds is 1. The molecule has 2 nitrogen and oxygen atoms in total. The van der Waals surface area contributed by atoms with E-state index in [-0.39, 0.29) is 0 Å². The normalized spacial score (nSPS) is 9.27. The first-order valence-electron chi connectivity index (χ1n) is 3.90. The van der Waals surface area contributed by atoms with Crippen LogP contribution in [0.3, 0.4) is 0 Å². The average Bonchev–Trinajstić information content (AvgIpc) is 2.39. The zero-order chi connectivity index (χ0) is 8.85. The summed E-state index contributed by atoms with van der Waals surface area (Å²) >= 11 is 5.72. The first kappa shape index (κ1) is 10.5. The second-order valence-corrected chi connectivity index (χ2v) is 2.67. The fourth-order valence-electron chi connectivity index (χ4n) is 0.682. The van der Waals surface area contributed by atoms with Crippen molar-refractivity contribution >= 4 is 11.6 Å². The predicted molar refractivity (Wildman–Crippen MR) is 49.0 cm³/mol. The molecule has 0 fully saturated rings. The molecule has 11 heavy (non-hydrogen) atoms. The Morgan fingerprint density at radius 2 is 2.00 bits per heavy atom. The van der Waals surface area contributed by atoms with Crippen LogP contribution in [0.5, 0.6) is 0 Å². The number of aromatic amines is 1. The Morgan fingerprint density at radius 3 is 2.18 bits per heavy atom. The molecule has 0 saturated carbocycles. The Kier molecular flexibility index (Phi) is 4.95. The van der Waals surface area contributed by atoms with Crippen LogP contribution >= 0.6 is 11.6 Å². The second-order valence-electron chi connectivity index (χ2n) is 2.29. The maximum absolute atomic E-state index is 5.72. The molecule has 0 aliphatic carbocycles. The lowest BCUT2D eigenvalue weighted by atomic mass is 10.1. The van der Waals surface area contributed by atoms with Gasteiger partial charge in [-0.15, -0.1) is 0 Å². The van der Waals surface area contributed by atoms with E-state index >= 15 is 0 Å². The van der Waals surface area contributed by atoms with Crippen molar-refractivity contribution in [2.45, 2.75) is 33.6 Å². The van der Waals surface area contributed by atoms with Gasteiger partial charge in [-0.05, 0) is 5.92 Å². The Labute approximate surface area is 73.0 Å². The van der Waals surface area contributed by atoms with E-state index in [1.165, 1.54) is 0 Å². The summed E-state index contributed by atoms with van der Waals surface area (Å²) < 4.78 is 0. The number of halogens is 1. The highest BCUT2D eigenvalue weighted by molar-refractivity contribution is 6.30. The van der Waals surface area contributed by atoms with Crippen molar-refractivity contribution in [3.63, 3.8) is 0 Å². The van der Waals surface area contributed by atoms with Gasteiger partial charge in [0.25, 0.3) is 0 Å². The zero-order valence-electron chi connectivity index (χ0n) is 7.48. The van der Waals surface area contributed by atoms with Crippen molar-refractivity contribution in [1.29, 1.82) is 0 Å². The van der Waals surface area contributed by atoms with Gasteiger partial charge in [0, 0.05) is 5.56 Å². The van der Waals surface area contributed by atoms with Crippen LogP contribution in [0.25, 0.3) is 0 Å². The molecule has 0 spiro atoms. The van der Waals surface area contributed by atoms with Gasteiger partial charge in [-0.3, -0.25) is 5.10 Å². The quantitative estimate of drug-likeness (QED) is 0.696. The zero-order valence-corrected chi connectivity index (χ0v) is 8.24. The van der Waals surface area contributed by atoms with Gasteiger partial charge in [0.15, 0.2) is 0 Å². The van der Waals surface area contributed by atoms with Gasteiger partial charge in [-0.25, -0.2) is 0 Å². The van der Waals surface area contributed by atoms with Crippen LogP contribution in [-0.4, -0.2) is 10.2 Å². The van der Waals surface area contributed by atoms with Gasteiger partial charge in [0.2, 0.25) is 0 Å². The van der Waals surface area contributed by atoms with Crippen molar-refractivity contribution in [1.82, 2.24) is 10.2 Å². The molecule has 0 saturated heterocycles. The molecule has 3 heteroatoms. The predicted octanol–water partition coefficient (Wildman–Crippen LogP) is 3.21. The topological polar surface area (TPSA) is 28.7 Å². The van der Waals surface area contributed by atoms with Gasteiger partial charge < -0.3 is 0 Å². The van der Waals surface area contributed by atoms with Gasteiger partial charge in [-0.1, -0.05) is 39.3 Å². The summed E-state index contributed by atoms with van der Waals surface area (Å²) in [6, 6.07) is 0. The standard InChI is InChI=1S/C6H9ClN2.C2H6/c1-4(2)5-3-8-9-6(5)7;1-2/h3-4H,1-2H3,(H,8,9);1-2H3. The van der Waals surface area contributed by atoms with Gasteiger partial charge in [0.05, 0.1) is 6.20 Å². The number of hydrogen-bond acceptors (Lipinski definition) is 1. The van der Waals surface area contributed by atoms with Gasteiger partial charge >= 0.3 is 0 Å². The van der Waals surface area contributed by atoms with E-state index in [2.05, 4.69) is 24.0 Å². The van der Waals surface area contributed by atoms with Crippen LogP contribution in [0.2, 0.25) is 5.15 Å². The molecule has 1 heterocycles. The summed E-state index contributed by atoms with van der Waals surface area (Å²) in [6.45, 7) is 8.16. The first-order chi connectivity index (χ1) is 5.22. The minimum absolute atomic E-state index is 0.455. The molecular formula is C8H15ClN2. The van der Waals surface area contributed by atoms with E-state index in [0.29, 0.717) is 11.1 Å². The largest absolute Gasteiger partial charge is 0.267 e. The maximum atomic E-state index is 5.72. The number of H-pyrrole nitrogens is 1. The van der Waals surface area contributed by atoms with E-state index in [1.807, 2.05) is 13.8 Å². The van der Waals surface area contributed by atoms with Crippen LogP contribution in [0.4, 0.5) is 0 Å². The lowest BCUT2D eigenvalue weighted by Gasteiger charge is -1.97. The van der Waals surface area contributed by atoms with Gasteiger partial charge in [-0.2, -0.15) is 5.10 Å². The molecule has 0 radical (unpaired) electrons. The van der Waals surface area contributed by atoms with Crippen molar-refractivity contribution in [3.8, 4) is 0 Å². The van der Waals surface area contributed by atoms with E-state index in [4.69, 9.17) is 11.6 Å². The Morgan fingerprint density at radius 1 is 1.45 bits per heavy atom. The highest BCUT2D eigenvalue weighted by Gasteiger charge is 2.04. The highest BCUT2D eigenvalue weighted by Crippen LogP contribution is 2.20. The van der Waals surface area contributed by atoms with Crippen molar-refractivity contribution in [2.24, 2.45) is 0 Å². The maximum Gasteiger partial charge on any atom is 0.127 e. The number of nitrogens with one attached hydrogen (secondary N) is 1. The van der Waals surface area contributed by atoms with Crippen LogP contribution in [0, 0.1) is 0 Å². The van der Waals surface area contributed by atoms with Crippen LogP contribution in [-0.2, 0) is 0 Å². The van der Waals surface area contributed by atoms with Crippen LogP contribution in [0.15, 0.2) is 6.20 Å². The summed E-state index contributed by atoms with van der Waals surface area (Å²) in [5, 5.41) is 7.11. The fourth-order valence-corrected chi connectivity index (χ4v) is 0.998. The lowest BCUT2D eigenvalue weighted by Crippen LogP contribution is -1.82. The van der Waals surface area contributed by atoms with E-state index in [9.17, 15) is 0 Å². The summed E-state index contributed by atoms with van der Waals surface area (Å²) in [4.78, 5) is 0. The Hall–Kier alpha value is -0.500. The molecule has 1 aromatic rings. The molecule has 0 atom stereocenters. The molecule has 0 aromatic carbocycles. The molecule has 0 unspecified atom stereocenters. The monoisotopic (exact) mass is 174 g/mol. The van der Waals surface area contributed by atoms with Crippen molar-refractivity contribution in [2.75, 3.05) is 0 Å². The molecule has 64 valence electrons. The van der Waals surface area contributed by atoms with Crippen molar-refractivity contribution in [3.05, 3.63) is 16.9 Å². The van der Waals surface area contributed by atoms with Crippen LogP contribution < -0.4 is 0 Å². The van der Waals surface area contributed by atoms with E-state index in [0.717, 1.165) is 5.56 Å². The molecule has 1 N–H and O–H groups in total. The Bertz CT molecular complexity index is 194. The third kappa shape index (κ3) is 2.93. The van der Waals surface area contributed by atoms with Crippen molar-refractivity contribution < 1.29 is 0 Å². The number of aromatic nitrogens is 2. The molecule has 1 rings (SSSR count). The lowest BCUT2D eigenvalue weighted by molar-refractivity contribution is 0.868. The molecule has 0 amide bonds. The average molecular weight is 175 g/mol. The Balaban J connectivity index is 0.000000461. The number of hydrogen-bond donors (Lipinski definition) is 1. The summed E-state index contributed by atoms with van der Waals surface area (Å²) in [5.41, 5.74) is 1.08. The van der Waals surface area contributed by atoms with E-state index in [1.54, 1.807) is 6.20 Å². The minimum atomic E-state index is 0.455. The molecule has 1 aromatic heterocycles. The smallest absolute Gasteiger partial charge is 0.127 e. The molecule has 0 aliphatic rings. The van der Waals surface area contributed by atoms with E-state index < -0.39 is 0 Å². The fraction of sp³-hybridized carbons (Fsp3) is 0.625. The highest BCUT2D eigenvalue weighted by atomic mass is 35.5. The summed E-state index contributed by atoms with van der Waals surface area (Å²) in [5.74, 6) is 0.455. The molecule has 0 aliphatic heterocycles. The molecular weight excluding hydrogens is 160 g/mol.